The van der Waals surface area contributed by atoms with Crippen LogP contribution in [-0.2, 0) is 10.8 Å². The number of carboxylic acid groups (broad SMARTS) is 1. The van der Waals surface area contributed by atoms with Crippen molar-refractivity contribution in [2.45, 2.75) is 162 Å². The molecule has 0 amide bonds. The van der Waals surface area contributed by atoms with Crippen molar-refractivity contribution in [3.63, 3.8) is 0 Å². The summed E-state index contributed by atoms with van der Waals surface area (Å²) in [4.78, 5) is 24.0. The summed E-state index contributed by atoms with van der Waals surface area (Å²) in [6.07, 6.45) is 0. The fraction of sp³-hybridized carbons (Fsp3) is 0.415. The first-order valence-electron chi connectivity index (χ1n) is 23.9. The molecule has 0 aliphatic carbocycles. The molecule has 0 bridgehead atoms. The second kappa shape index (κ2) is 28.9. The molecule has 0 atom stereocenters. The minimum atomic E-state index is -0.875. The molecule has 4 nitrogen and oxygen atoms in total. The van der Waals surface area contributed by atoms with Crippen molar-refractivity contribution in [1.82, 2.24) is 0 Å². The molecule has 0 fully saturated rings. The van der Waals surface area contributed by atoms with Crippen LogP contribution in [0, 0.1) is 51.8 Å². The summed E-state index contributed by atoms with van der Waals surface area (Å²) in [7, 11) is 0. The van der Waals surface area contributed by atoms with Gasteiger partial charge in [0.15, 0.2) is 5.78 Å². The highest BCUT2D eigenvalue weighted by Gasteiger charge is 2.23. The molecule has 0 saturated heterocycles. The van der Waals surface area contributed by atoms with E-state index in [0.717, 1.165) is 16.7 Å². The number of anilines is 2. The second-order valence-electron chi connectivity index (χ2n) is 22.8. The maximum atomic E-state index is 11.0. The van der Waals surface area contributed by atoms with Gasteiger partial charge in [0.05, 0.1) is 5.56 Å². The highest BCUT2D eigenvalue weighted by Crippen LogP contribution is 2.32. The van der Waals surface area contributed by atoms with Crippen molar-refractivity contribution in [1.29, 1.82) is 0 Å². The lowest BCUT2D eigenvalue weighted by molar-refractivity contribution is 0.0696. The van der Waals surface area contributed by atoms with Crippen LogP contribution < -0.4 is 4.90 Å². The topological polar surface area (TPSA) is 57.6 Å². The van der Waals surface area contributed by atoms with Gasteiger partial charge in [-0.05, 0) is 174 Å². The zero-order valence-electron chi connectivity index (χ0n) is 46.5. The van der Waals surface area contributed by atoms with Gasteiger partial charge < -0.3 is 10.0 Å². The van der Waals surface area contributed by atoms with Crippen LogP contribution >= 0.6 is 0 Å². The molecular formula is C65H87NO3. The van der Waals surface area contributed by atoms with Gasteiger partial charge >= 0.3 is 5.97 Å². The quantitative estimate of drug-likeness (QED) is 0.144. The molecule has 0 aliphatic rings. The summed E-state index contributed by atoms with van der Waals surface area (Å²) in [5.74, 6) is 17.2. The zero-order valence-corrected chi connectivity index (χ0v) is 46.5. The van der Waals surface area contributed by atoms with E-state index in [1.54, 1.807) is 19.1 Å². The Labute approximate surface area is 421 Å². The number of carboxylic acids is 1. The van der Waals surface area contributed by atoms with Crippen molar-refractivity contribution in [3.05, 3.63) is 167 Å². The highest BCUT2D eigenvalue weighted by molar-refractivity contribution is 5.94. The summed E-state index contributed by atoms with van der Waals surface area (Å²) in [6, 6.07) is 46.0. The van der Waals surface area contributed by atoms with Crippen molar-refractivity contribution in [3.8, 4) is 35.5 Å². The lowest BCUT2D eigenvalue weighted by atomic mass is 9.87. The van der Waals surface area contributed by atoms with E-state index in [1.165, 1.54) is 16.9 Å². The second-order valence-corrected chi connectivity index (χ2v) is 22.8. The number of carbonyl (C=O) groups is 2. The van der Waals surface area contributed by atoms with Gasteiger partial charge in [-0.25, -0.2) is 4.79 Å². The zero-order chi connectivity index (χ0) is 53.3. The predicted molar refractivity (Wildman–Crippen MR) is 301 cm³/mol. The molecule has 0 radical (unpaired) electrons. The van der Waals surface area contributed by atoms with E-state index in [9.17, 15) is 9.59 Å². The molecule has 5 aromatic carbocycles. The lowest BCUT2D eigenvalue weighted by Crippen LogP contribution is -2.37. The summed E-state index contributed by atoms with van der Waals surface area (Å²) < 4.78 is 0. The van der Waals surface area contributed by atoms with Crippen molar-refractivity contribution in [2.24, 2.45) is 16.2 Å². The summed E-state index contributed by atoms with van der Waals surface area (Å²) in [6.45, 7) is 43.8. The van der Waals surface area contributed by atoms with E-state index in [2.05, 4.69) is 256 Å². The first-order chi connectivity index (χ1) is 31.6. The normalized spacial score (nSPS) is 10.8. The van der Waals surface area contributed by atoms with Crippen LogP contribution in [0.2, 0.25) is 0 Å². The standard InChI is InChI=1S/C16H19N.C14H16O.C11H14O2.C10H14.2C7H12/c1-16(2,3)17(14-10-6-4-7-11-14)15-12-8-5-9-13-15;1-11(15)13-7-5-12(6-8-13)9-10-14(2,3)4;1-11(2,3)9-6-4-8(5-7-9)10(12)13;1-10(2,3)9-7-5-4-6-8-9;2*1-5-6-7(2,3)4/h4-13H,1-3H3;5-8H,1-4H3;4-7H,1-3H3,(H,12,13);4-8H,1-3H3;2*1-4H3. The number of aromatic carboxylic acids is 1. The van der Waals surface area contributed by atoms with Gasteiger partial charge in [-0.2, -0.15) is 0 Å². The van der Waals surface area contributed by atoms with E-state index >= 15 is 0 Å². The molecule has 0 unspecified atom stereocenters. The minimum Gasteiger partial charge on any atom is -0.478 e. The van der Waals surface area contributed by atoms with Crippen LogP contribution in [0.25, 0.3) is 0 Å². The number of para-hydroxylation sites is 2. The van der Waals surface area contributed by atoms with Crippen molar-refractivity contribution >= 4 is 23.1 Å². The van der Waals surface area contributed by atoms with Gasteiger partial charge in [0.1, 0.15) is 0 Å². The Morgan fingerprint density at radius 2 is 0.739 bits per heavy atom. The number of hydrogen-bond donors (Lipinski definition) is 1. The van der Waals surface area contributed by atoms with E-state index < -0.39 is 5.97 Å². The Morgan fingerprint density at radius 3 is 0.986 bits per heavy atom. The predicted octanol–water partition coefficient (Wildman–Crippen LogP) is 17.7. The van der Waals surface area contributed by atoms with E-state index in [4.69, 9.17) is 5.11 Å². The van der Waals surface area contributed by atoms with E-state index in [1.807, 2.05) is 50.2 Å². The Kier molecular flexibility index (Phi) is 26.3. The lowest BCUT2D eigenvalue weighted by Gasteiger charge is -2.37. The molecule has 0 aromatic heterocycles. The van der Waals surface area contributed by atoms with Gasteiger partial charge in [0.2, 0.25) is 0 Å². The molecule has 0 heterocycles. The highest BCUT2D eigenvalue weighted by atomic mass is 16.4. The molecule has 1 N–H and O–H groups in total. The molecule has 5 aromatic rings. The van der Waals surface area contributed by atoms with Crippen LogP contribution in [0.4, 0.5) is 11.4 Å². The summed E-state index contributed by atoms with van der Waals surface area (Å²) in [5, 5.41) is 8.68. The number of carbonyl (C=O) groups excluding carboxylic acids is 1. The largest absolute Gasteiger partial charge is 0.478 e. The van der Waals surface area contributed by atoms with Crippen molar-refractivity contribution < 1.29 is 14.7 Å². The number of benzene rings is 5. The third-order valence-corrected chi connectivity index (χ3v) is 9.21. The number of ketones is 1. The third kappa shape index (κ3) is 30.0. The minimum absolute atomic E-state index is 0.0131. The molecule has 0 spiro atoms. The average Bonchev–Trinajstić information content (AvgIpc) is 3.23. The maximum absolute atomic E-state index is 11.0. The molecule has 5 rings (SSSR count). The monoisotopic (exact) mass is 930 g/mol. The first kappa shape index (κ1) is 62.7. The first-order valence-corrected chi connectivity index (χ1v) is 23.9. The number of Topliss-reactive ketones (excluding diaryl/α,β-unsaturated/α-hetero) is 1. The fourth-order valence-electron chi connectivity index (χ4n) is 5.93. The summed E-state index contributed by atoms with van der Waals surface area (Å²) in [5.41, 5.74) is 7.85. The van der Waals surface area contributed by atoms with Gasteiger partial charge in [0, 0.05) is 44.3 Å². The summed E-state index contributed by atoms with van der Waals surface area (Å²) >= 11 is 0. The van der Waals surface area contributed by atoms with Crippen LogP contribution in [0.3, 0.4) is 0 Å². The SMILES string of the molecule is CC#CC(C)(C)C.CC#CC(C)(C)C.CC(=O)c1ccc(C#CC(C)(C)C)cc1.CC(C)(C)N(c1ccccc1)c1ccccc1.CC(C)(C)c1ccc(C(=O)O)cc1.CC(C)(C)c1ccccc1. The smallest absolute Gasteiger partial charge is 0.335 e. The van der Waals surface area contributed by atoms with Crippen LogP contribution in [-0.4, -0.2) is 22.4 Å². The number of hydrogen-bond acceptors (Lipinski definition) is 3. The Morgan fingerprint density at radius 1 is 0.420 bits per heavy atom. The molecule has 69 heavy (non-hydrogen) atoms. The van der Waals surface area contributed by atoms with Gasteiger partial charge in [-0.15, -0.1) is 11.8 Å². The van der Waals surface area contributed by atoms with Crippen LogP contribution in [0.15, 0.2) is 140 Å². The molecule has 0 saturated carbocycles. The molecule has 0 aliphatic heterocycles. The Balaban J connectivity index is 0.000000829. The van der Waals surface area contributed by atoms with E-state index in [0.29, 0.717) is 11.0 Å². The maximum Gasteiger partial charge on any atom is 0.335 e. The Hall–Kier alpha value is -6.28. The Bertz CT molecular complexity index is 2350. The number of nitrogens with zero attached hydrogens (tertiary/aromatic N) is 1. The van der Waals surface area contributed by atoms with Gasteiger partial charge in [-0.3, -0.25) is 4.79 Å². The average molecular weight is 930 g/mol. The van der Waals surface area contributed by atoms with Gasteiger partial charge in [-0.1, -0.05) is 156 Å². The van der Waals surface area contributed by atoms with Crippen molar-refractivity contribution in [2.75, 3.05) is 4.90 Å². The van der Waals surface area contributed by atoms with Crippen LogP contribution in [0.5, 0.6) is 0 Å². The molecule has 4 heteroatoms. The molecular weight excluding hydrogens is 843 g/mol. The van der Waals surface area contributed by atoms with Crippen LogP contribution in [0.1, 0.15) is 183 Å². The fourth-order valence-corrected chi connectivity index (χ4v) is 5.93. The van der Waals surface area contributed by atoms with Gasteiger partial charge in [0.25, 0.3) is 0 Å². The molecule has 370 valence electrons. The number of rotatable bonds is 4. The van der Waals surface area contributed by atoms with E-state index in [-0.39, 0.29) is 33.0 Å². The third-order valence-electron chi connectivity index (χ3n) is 9.21.